The summed E-state index contributed by atoms with van der Waals surface area (Å²) in [7, 11) is 1.51. The Bertz CT molecular complexity index is 399. The van der Waals surface area contributed by atoms with Gasteiger partial charge < -0.3 is 10.6 Å². The van der Waals surface area contributed by atoms with Crippen LogP contribution in [0.5, 0.6) is 0 Å². The maximum Gasteiger partial charge on any atom is 0.243 e. The van der Waals surface area contributed by atoms with Crippen molar-refractivity contribution in [2.45, 2.75) is 18.6 Å². The summed E-state index contributed by atoms with van der Waals surface area (Å²) >= 11 is 1.12. The lowest BCUT2D eigenvalue weighted by molar-refractivity contribution is -0.142. The standard InChI is InChI=1S/C11H17N3O4S/c1-3-13-8(15)5-14-10(17)4-7(11(14)18)19-6-9(16)12-2/h7H,3-6H2,1-2H3,(H,12,16)(H,13,15). The summed E-state index contributed by atoms with van der Waals surface area (Å²) < 4.78 is 0. The second kappa shape index (κ2) is 7.13. The molecule has 0 aromatic carbocycles. The Hall–Kier alpha value is -1.57. The van der Waals surface area contributed by atoms with E-state index in [9.17, 15) is 19.2 Å². The van der Waals surface area contributed by atoms with Crippen molar-refractivity contribution in [2.24, 2.45) is 0 Å². The third kappa shape index (κ3) is 4.23. The van der Waals surface area contributed by atoms with Gasteiger partial charge in [0.25, 0.3) is 0 Å². The van der Waals surface area contributed by atoms with E-state index in [0.717, 1.165) is 16.7 Å². The maximum absolute atomic E-state index is 11.9. The normalized spacial score (nSPS) is 18.6. The van der Waals surface area contributed by atoms with Crippen LogP contribution in [0.4, 0.5) is 0 Å². The highest BCUT2D eigenvalue weighted by Crippen LogP contribution is 2.24. The van der Waals surface area contributed by atoms with E-state index in [0.29, 0.717) is 6.54 Å². The Kier molecular flexibility index (Phi) is 5.81. The van der Waals surface area contributed by atoms with Gasteiger partial charge in [-0.15, -0.1) is 11.8 Å². The molecule has 0 saturated carbocycles. The second-order valence-electron chi connectivity index (χ2n) is 3.95. The zero-order valence-electron chi connectivity index (χ0n) is 10.9. The van der Waals surface area contributed by atoms with E-state index >= 15 is 0 Å². The maximum atomic E-state index is 11.9. The molecule has 0 bridgehead atoms. The fourth-order valence-electron chi connectivity index (χ4n) is 1.59. The van der Waals surface area contributed by atoms with Crippen LogP contribution >= 0.6 is 11.8 Å². The molecule has 2 N–H and O–H groups in total. The second-order valence-corrected chi connectivity index (χ2v) is 5.14. The summed E-state index contributed by atoms with van der Waals surface area (Å²) in [6.07, 6.45) is 0.0416. The van der Waals surface area contributed by atoms with Crippen molar-refractivity contribution in [3.05, 3.63) is 0 Å². The van der Waals surface area contributed by atoms with Gasteiger partial charge in [-0.1, -0.05) is 0 Å². The predicted octanol–water partition coefficient (Wildman–Crippen LogP) is -1.27. The van der Waals surface area contributed by atoms with Gasteiger partial charge in [-0.2, -0.15) is 0 Å². The molecule has 1 aliphatic heterocycles. The van der Waals surface area contributed by atoms with Gasteiger partial charge in [0, 0.05) is 20.0 Å². The summed E-state index contributed by atoms with van der Waals surface area (Å²) in [5, 5.41) is 4.40. The van der Waals surface area contributed by atoms with E-state index in [1.54, 1.807) is 6.92 Å². The van der Waals surface area contributed by atoms with Gasteiger partial charge in [0.05, 0.1) is 11.0 Å². The molecular formula is C11H17N3O4S. The fraction of sp³-hybridized carbons (Fsp3) is 0.636. The molecule has 1 rings (SSSR count). The first-order valence-electron chi connectivity index (χ1n) is 5.92. The largest absolute Gasteiger partial charge is 0.358 e. The van der Waals surface area contributed by atoms with Crippen molar-refractivity contribution < 1.29 is 19.2 Å². The Balaban J connectivity index is 2.53. The van der Waals surface area contributed by atoms with Gasteiger partial charge in [-0.25, -0.2) is 0 Å². The minimum atomic E-state index is -0.570. The van der Waals surface area contributed by atoms with E-state index in [1.807, 2.05) is 0 Å². The number of carbonyl (C=O) groups excluding carboxylic acids is 4. The molecule has 0 aliphatic carbocycles. The summed E-state index contributed by atoms with van der Waals surface area (Å²) in [6, 6.07) is 0. The smallest absolute Gasteiger partial charge is 0.243 e. The lowest BCUT2D eigenvalue weighted by atomic mass is 10.4. The molecule has 106 valence electrons. The molecule has 1 saturated heterocycles. The van der Waals surface area contributed by atoms with E-state index in [-0.39, 0.29) is 36.4 Å². The minimum Gasteiger partial charge on any atom is -0.358 e. The van der Waals surface area contributed by atoms with Crippen molar-refractivity contribution >= 4 is 35.4 Å². The van der Waals surface area contributed by atoms with Crippen LogP contribution in [0.15, 0.2) is 0 Å². The van der Waals surface area contributed by atoms with Gasteiger partial charge in [0.15, 0.2) is 0 Å². The molecule has 0 aromatic rings. The molecule has 0 radical (unpaired) electrons. The Morgan fingerprint density at radius 1 is 1.37 bits per heavy atom. The van der Waals surface area contributed by atoms with E-state index < -0.39 is 11.2 Å². The summed E-state index contributed by atoms with van der Waals surface area (Å²) in [4.78, 5) is 47.0. The van der Waals surface area contributed by atoms with E-state index in [2.05, 4.69) is 10.6 Å². The average Bonchev–Trinajstić information content (AvgIpc) is 2.64. The predicted molar refractivity (Wildman–Crippen MR) is 70.3 cm³/mol. The highest BCUT2D eigenvalue weighted by atomic mass is 32.2. The topological polar surface area (TPSA) is 95.6 Å². The molecule has 1 fully saturated rings. The fourth-order valence-corrected chi connectivity index (χ4v) is 2.62. The molecular weight excluding hydrogens is 270 g/mol. The lowest BCUT2D eigenvalue weighted by Crippen LogP contribution is -2.41. The van der Waals surface area contributed by atoms with Gasteiger partial charge >= 0.3 is 0 Å². The first-order chi connectivity index (χ1) is 8.99. The first kappa shape index (κ1) is 15.5. The molecule has 1 unspecified atom stereocenters. The average molecular weight is 287 g/mol. The molecule has 1 aliphatic rings. The Morgan fingerprint density at radius 3 is 2.63 bits per heavy atom. The monoisotopic (exact) mass is 287 g/mol. The van der Waals surface area contributed by atoms with E-state index in [4.69, 9.17) is 0 Å². The van der Waals surface area contributed by atoms with Crippen LogP contribution in [-0.2, 0) is 19.2 Å². The quantitative estimate of drug-likeness (QED) is 0.594. The molecule has 0 aromatic heterocycles. The third-order valence-electron chi connectivity index (χ3n) is 2.57. The number of rotatable bonds is 6. The molecule has 4 amide bonds. The van der Waals surface area contributed by atoms with Gasteiger partial charge in [-0.3, -0.25) is 24.1 Å². The number of hydrogen-bond acceptors (Lipinski definition) is 5. The van der Waals surface area contributed by atoms with Crippen LogP contribution in [0, 0.1) is 0 Å². The number of likely N-dealkylation sites (N-methyl/N-ethyl adjacent to an activating group) is 1. The molecule has 0 spiro atoms. The van der Waals surface area contributed by atoms with Crippen molar-refractivity contribution in [1.29, 1.82) is 0 Å². The molecule has 8 heteroatoms. The summed E-state index contributed by atoms with van der Waals surface area (Å²) in [5.74, 6) is -1.21. The van der Waals surface area contributed by atoms with Crippen LogP contribution < -0.4 is 10.6 Å². The molecule has 19 heavy (non-hydrogen) atoms. The van der Waals surface area contributed by atoms with Crippen molar-refractivity contribution in [3.8, 4) is 0 Å². The molecule has 1 atom stereocenters. The number of amides is 4. The lowest BCUT2D eigenvalue weighted by Gasteiger charge is -2.14. The zero-order valence-corrected chi connectivity index (χ0v) is 11.7. The van der Waals surface area contributed by atoms with Crippen LogP contribution in [0.25, 0.3) is 0 Å². The highest BCUT2D eigenvalue weighted by Gasteiger charge is 2.39. The van der Waals surface area contributed by atoms with Crippen molar-refractivity contribution in [1.82, 2.24) is 15.5 Å². The van der Waals surface area contributed by atoms with Crippen LogP contribution in [-0.4, -0.2) is 59.7 Å². The third-order valence-corrected chi connectivity index (χ3v) is 3.77. The Morgan fingerprint density at radius 2 is 2.05 bits per heavy atom. The number of carbonyl (C=O) groups is 4. The Labute approximate surface area is 115 Å². The van der Waals surface area contributed by atoms with Crippen molar-refractivity contribution in [2.75, 3.05) is 25.9 Å². The number of nitrogens with zero attached hydrogens (tertiary/aromatic N) is 1. The van der Waals surface area contributed by atoms with E-state index in [1.165, 1.54) is 7.05 Å². The number of imide groups is 1. The number of likely N-dealkylation sites (tertiary alicyclic amines) is 1. The van der Waals surface area contributed by atoms with Crippen LogP contribution in [0.1, 0.15) is 13.3 Å². The summed E-state index contributed by atoms with van der Waals surface area (Å²) in [5.41, 5.74) is 0. The zero-order chi connectivity index (χ0) is 14.4. The number of thioether (sulfide) groups is 1. The van der Waals surface area contributed by atoms with Crippen LogP contribution in [0.3, 0.4) is 0 Å². The number of hydrogen-bond donors (Lipinski definition) is 2. The van der Waals surface area contributed by atoms with Crippen LogP contribution in [0.2, 0.25) is 0 Å². The number of nitrogens with one attached hydrogen (secondary N) is 2. The van der Waals surface area contributed by atoms with Gasteiger partial charge in [-0.05, 0) is 6.92 Å². The highest BCUT2D eigenvalue weighted by molar-refractivity contribution is 8.01. The molecule has 1 heterocycles. The van der Waals surface area contributed by atoms with Crippen molar-refractivity contribution in [3.63, 3.8) is 0 Å². The first-order valence-corrected chi connectivity index (χ1v) is 6.97. The molecule has 7 nitrogen and oxygen atoms in total. The van der Waals surface area contributed by atoms with Gasteiger partial charge in [0.2, 0.25) is 23.6 Å². The SMILES string of the molecule is CCNC(=O)CN1C(=O)CC(SCC(=O)NC)C1=O. The van der Waals surface area contributed by atoms with Gasteiger partial charge in [0.1, 0.15) is 6.54 Å². The minimum absolute atomic E-state index is 0.0416. The summed E-state index contributed by atoms with van der Waals surface area (Å²) in [6.45, 7) is 1.96.